The number of rotatable bonds is 4. The van der Waals surface area contributed by atoms with Gasteiger partial charge in [0.15, 0.2) is 0 Å². The van der Waals surface area contributed by atoms with Gasteiger partial charge in [0.25, 0.3) is 5.91 Å². The minimum Gasteiger partial charge on any atom is -0.320 e. The van der Waals surface area contributed by atoms with E-state index in [-0.39, 0.29) is 5.69 Å². The Bertz CT molecular complexity index is 1500. The molecular weight excluding hydrogens is 555 g/mol. The predicted molar refractivity (Wildman–Crippen MR) is 143 cm³/mol. The zero-order valence-electron chi connectivity index (χ0n) is 18.6. The first-order valence-corrected chi connectivity index (χ1v) is 11.9. The Morgan fingerprint density at radius 1 is 0.857 bits per heavy atom. The standard InChI is InChI=1S/C25H19BrCl2N4O3/c1-13-10-16(26)6-8-19(13)29-23(33)22-12-15-11-17(27)7-9-21(15)32(22)31-25(35)24(34)30-20-5-3-4-18(28)14(20)2/h3-12H,1-2H3,(H,29,33)(H,30,34)(H,31,35). The van der Waals surface area contributed by atoms with Crippen molar-refractivity contribution in [2.24, 2.45) is 0 Å². The van der Waals surface area contributed by atoms with Gasteiger partial charge in [-0.2, -0.15) is 0 Å². The normalized spacial score (nSPS) is 10.8. The highest BCUT2D eigenvalue weighted by Gasteiger charge is 2.22. The molecule has 10 heteroatoms. The number of benzene rings is 3. The third kappa shape index (κ3) is 5.35. The molecule has 1 heterocycles. The van der Waals surface area contributed by atoms with Crippen LogP contribution in [-0.4, -0.2) is 22.4 Å². The number of fused-ring (bicyclic) bond motifs is 1. The predicted octanol–water partition coefficient (Wildman–Crippen LogP) is 6.29. The van der Waals surface area contributed by atoms with Gasteiger partial charge in [0.05, 0.1) is 5.52 Å². The average Bonchev–Trinajstić information content (AvgIpc) is 3.16. The first-order valence-electron chi connectivity index (χ1n) is 10.4. The molecule has 0 saturated carbocycles. The number of hydrogen-bond acceptors (Lipinski definition) is 3. The van der Waals surface area contributed by atoms with Gasteiger partial charge < -0.3 is 10.6 Å². The van der Waals surface area contributed by atoms with Crippen molar-refractivity contribution in [1.82, 2.24) is 4.68 Å². The van der Waals surface area contributed by atoms with E-state index in [4.69, 9.17) is 23.2 Å². The topological polar surface area (TPSA) is 92.2 Å². The monoisotopic (exact) mass is 572 g/mol. The molecule has 4 rings (SSSR count). The fraction of sp³-hybridized carbons (Fsp3) is 0.0800. The molecule has 3 N–H and O–H groups in total. The van der Waals surface area contributed by atoms with E-state index in [1.54, 1.807) is 55.5 Å². The first kappa shape index (κ1) is 24.8. The Hall–Kier alpha value is -3.33. The number of carbonyl (C=O) groups excluding carboxylic acids is 3. The van der Waals surface area contributed by atoms with Crippen LogP contribution in [0.2, 0.25) is 10.0 Å². The van der Waals surface area contributed by atoms with Gasteiger partial charge >= 0.3 is 11.8 Å². The number of aromatic nitrogens is 1. The summed E-state index contributed by atoms with van der Waals surface area (Å²) in [5, 5.41) is 6.93. The van der Waals surface area contributed by atoms with Crippen molar-refractivity contribution in [2.45, 2.75) is 13.8 Å². The van der Waals surface area contributed by atoms with Gasteiger partial charge in [0.2, 0.25) is 0 Å². The van der Waals surface area contributed by atoms with Gasteiger partial charge in [-0.25, -0.2) is 4.68 Å². The summed E-state index contributed by atoms with van der Waals surface area (Å²) in [6.45, 7) is 3.59. The van der Waals surface area contributed by atoms with E-state index in [1.165, 1.54) is 4.68 Å². The maximum Gasteiger partial charge on any atom is 0.328 e. The molecule has 35 heavy (non-hydrogen) atoms. The summed E-state index contributed by atoms with van der Waals surface area (Å²) in [5.74, 6) is -2.36. The van der Waals surface area contributed by atoms with Gasteiger partial charge in [0, 0.05) is 31.3 Å². The van der Waals surface area contributed by atoms with E-state index >= 15 is 0 Å². The molecule has 0 bridgehead atoms. The lowest BCUT2D eigenvalue weighted by molar-refractivity contribution is -0.133. The number of amides is 3. The lowest BCUT2D eigenvalue weighted by Crippen LogP contribution is -2.36. The molecule has 0 fully saturated rings. The molecule has 4 aromatic rings. The van der Waals surface area contributed by atoms with E-state index in [1.807, 2.05) is 19.1 Å². The summed E-state index contributed by atoms with van der Waals surface area (Å²) in [4.78, 5) is 38.6. The summed E-state index contributed by atoms with van der Waals surface area (Å²) in [5.41, 5.74) is 5.61. The Morgan fingerprint density at radius 3 is 2.37 bits per heavy atom. The van der Waals surface area contributed by atoms with E-state index in [9.17, 15) is 14.4 Å². The maximum absolute atomic E-state index is 13.2. The van der Waals surface area contributed by atoms with Crippen molar-refractivity contribution < 1.29 is 14.4 Å². The largest absolute Gasteiger partial charge is 0.328 e. The zero-order valence-corrected chi connectivity index (χ0v) is 21.7. The highest BCUT2D eigenvalue weighted by Crippen LogP contribution is 2.26. The number of nitrogens with one attached hydrogen (secondary N) is 3. The molecule has 0 aliphatic heterocycles. The maximum atomic E-state index is 13.2. The van der Waals surface area contributed by atoms with Crippen LogP contribution in [0.4, 0.5) is 11.4 Å². The Labute approximate surface area is 219 Å². The third-order valence-corrected chi connectivity index (χ3v) is 6.51. The first-order chi connectivity index (χ1) is 16.6. The minimum atomic E-state index is -0.967. The SMILES string of the molecule is Cc1cc(Br)ccc1NC(=O)c1cc2cc(Cl)ccc2n1NC(=O)C(=O)Nc1cccc(Cl)c1C. The summed E-state index contributed by atoms with van der Waals surface area (Å²) < 4.78 is 2.15. The molecule has 0 spiro atoms. The number of carbonyl (C=O) groups is 3. The van der Waals surface area contributed by atoms with Crippen LogP contribution in [0.5, 0.6) is 0 Å². The van der Waals surface area contributed by atoms with E-state index in [0.29, 0.717) is 37.9 Å². The Morgan fingerprint density at radius 2 is 1.63 bits per heavy atom. The van der Waals surface area contributed by atoms with Crippen molar-refractivity contribution in [2.75, 3.05) is 16.1 Å². The number of halogens is 3. The van der Waals surface area contributed by atoms with Gasteiger partial charge in [0.1, 0.15) is 5.69 Å². The Kier molecular flexibility index (Phi) is 7.16. The van der Waals surface area contributed by atoms with Crippen LogP contribution >= 0.6 is 39.1 Å². The van der Waals surface area contributed by atoms with Crippen LogP contribution in [0.3, 0.4) is 0 Å². The second-order valence-electron chi connectivity index (χ2n) is 7.79. The summed E-state index contributed by atoms with van der Waals surface area (Å²) in [6, 6.07) is 17.0. The zero-order chi connectivity index (χ0) is 25.3. The van der Waals surface area contributed by atoms with Crippen LogP contribution in [0, 0.1) is 13.8 Å². The molecule has 0 radical (unpaired) electrons. The fourth-order valence-electron chi connectivity index (χ4n) is 3.50. The molecule has 0 aliphatic rings. The number of nitrogens with zero attached hydrogens (tertiary/aromatic N) is 1. The van der Waals surface area contributed by atoms with Crippen LogP contribution in [-0.2, 0) is 9.59 Å². The lowest BCUT2D eigenvalue weighted by Gasteiger charge is -2.14. The molecular formula is C25H19BrCl2N4O3. The van der Waals surface area contributed by atoms with Crippen molar-refractivity contribution in [1.29, 1.82) is 0 Å². The molecule has 0 saturated heterocycles. The van der Waals surface area contributed by atoms with Crippen molar-refractivity contribution in [3.05, 3.63) is 92.0 Å². The highest BCUT2D eigenvalue weighted by molar-refractivity contribution is 9.10. The lowest BCUT2D eigenvalue weighted by atomic mass is 10.2. The van der Waals surface area contributed by atoms with E-state index in [0.717, 1.165) is 10.0 Å². The Balaban J connectivity index is 1.65. The third-order valence-electron chi connectivity index (χ3n) is 5.37. The molecule has 178 valence electrons. The quantitative estimate of drug-likeness (QED) is 0.251. The van der Waals surface area contributed by atoms with Gasteiger partial charge in [-0.3, -0.25) is 19.8 Å². The molecule has 3 amide bonds. The van der Waals surface area contributed by atoms with Crippen molar-refractivity contribution in [3.63, 3.8) is 0 Å². The fourth-order valence-corrected chi connectivity index (χ4v) is 4.33. The smallest absolute Gasteiger partial charge is 0.320 e. The highest BCUT2D eigenvalue weighted by atomic mass is 79.9. The summed E-state index contributed by atoms with van der Waals surface area (Å²) >= 11 is 15.6. The average molecular weight is 574 g/mol. The van der Waals surface area contributed by atoms with E-state index in [2.05, 4.69) is 32.0 Å². The molecule has 0 atom stereocenters. The van der Waals surface area contributed by atoms with Crippen LogP contribution in [0.25, 0.3) is 10.9 Å². The molecule has 1 aromatic heterocycles. The molecule has 7 nitrogen and oxygen atoms in total. The van der Waals surface area contributed by atoms with Crippen LogP contribution < -0.4 is 16.1 Å². The molecule has 3 aromatic carbocycles. The van der Waals surface area contributed by atoms with E-state index < -0.39 is 17.7 Å². The van der Waals surface area contributed by atoms with Crippen LogP contribution in [0.1, 0.15) is 21.6 Å². The van der Waals surface area contributed by atoms with Gasteiger partial charge in [-0.1, -0.05) is 45.2 Å². The second kappa shape index (κ2) is 10.1. The number of aryl methyl sites for hydroxylation is 1. The number of anilines is 2. The minimum absolute atomic E-state index is 0.115. The van der Waals surface area contributed by atoms with Crippen molar-refractivity contribution >= 4 is 79.1 Å². The van der Waals surface area contributed by atoms with Crippen molar-refractivity contribution in [3.8, 4) is 0 Å². The van der Waals surface area contributed by atoms with Gasteiger partial charge in [-0.15, -0.1) is 0 Å². The number of hydrogen-bond donors (Lipinski definition) is 3. The summed E-state index contributed by atoms with van der Waals surface area (Å²) in [6.07, 6.45) is 0. The van der Waals surface area contributed by atoms with Crippen LogP contribution in [0.15, 0.2) is 65.1 Å². The summed E-state index contributed by atoms with van der Waals surface area (Å²) in [7, 11) is 0. The molecule has 0 unspecified atom stereocenters. The molecule has 0 aliphatic carbocycles. The second-order valence-corrected chi connectivity index (χ2v) is 9.55. The van der Waals surface area contributed by atoms with Gasteiger partial charge in [-0.05, 0) is 79.6 Å².